The van der Waals surface area contributed by atoms with Gasteiger partial charge in [0.1, 0.15) is 0 Å². The zero-order valence-electron chi connectivity index (χ0n) is 12.2. The van der Waals surface area contributed by atoms with E-state index >= 15 is 0 Å². The maximum absolute atomic E-state index is 10.3. The third kappa shape index (κ3) is 15.2. The van der Waals surface area contributed by atoms with E-state index in [4.69, 9.17) is 5.11 Å². The lowest BCUT2D eigenvalue weighted by Crippen LogP contribution is -1.93. The number of hydrogen-bond acceptors (Lipinski definition) is 1. The molecule has 106 valence electrons. The Balaban J connectivity index is 3.09. The standard InChI is InChI=1S/C16H30O2/c1-15(2)13-11-9-7-5-3-4-6-8-10-12-14-16(17)18/h7,9,15H,3-6,8,10-14H2,1-2H3,(H,17,18). The summed E-state index contributed by atoms with van der Waals surface area (Å²) in [4.78, 5) is 10.3. The highest BCUT2D eigenvalue weighted by molar-refractivity contribution is 5.66. The van der Waals surface area contributed by atoms with Crippen LogP contribution in [0.4, 0.5) is 0 Å². The lowest BCUT2D eigenvalue weighted by atomic mass is 10.1. The van der Waals surface area contributed by atoms with Gasteiger partial charge in [0.05, 0.1) is 0 Å². The molecule has 0 unspecified atom stereocenters. The van der Waals surface area contributed by atoms with Gasteiger partial charge in [-0.15, -0.1) is 0 Å². The van der Waals surface area contributed by atoms with E-state index in [1.165, 1.54) is 44.9 Å². The third-order valence-electron chi connectivity index (χ3n) is 3.09. The van der Waals surface area contributed by atoms with E-state index in [0.717, 1.165) is 18.8 Å². The van der Waals surface area contributed by atoms with Gasteiger partial charge in [-0.2, -0.15) is 0 Å². The molecular weight excluding hydrogens is 224 g/mol. The topological polar surface area (TPSA) is 37.3 Å². The van der Waals surface area contributed by atoms with Gasteiger partial charge in [0.2, 0.25) is 0 Å². The summed E-state index contributed by atoms with van der Waals surface area (Å²) >= 11 is 0. The molecule has 0 aromatic heterocycles. The van der Waals surface area contributed by atoms with Crippen molar-refractivity contribution in [1.29, 1.82) is 0 Å². The minimum atomic E-state index is -0.665. The van der Waals surface area contributed by atoms with Gasteiger partial charge in [-0.25, -0.2) is 0 Å². The Labute approximate surface area is 112 Å². The molecule has 0 rings (SSSR count). The van der Waals surface area contributed by atoms with Gasteiger partial charge < -0.3 is 5.11 Å². The molecule has 2 nitrogen and oxygen atoms in total. The van der Waals surface area contributed by atoms with Crippen LogP contribution in [-0.4, -0.2) is 11.1 Å². The number of unbranched alkanes of at least 4 members (excludes halogenated alkanes) is 6. The van der Waals surface area contributed by atoms with Crippen LogP contribution in [0.15, 0.2) is 12.2 Å². The number of hydrogen-bond donors (Lipinski definition) is 1. The molecule has 0 aliphatic rings. The number of aliphatic carboxylic acids is 1. The zero-order valence-corrected chi connectivity index (χ0v) is 12.2. The van der Waals surface area contributed by atoms with Crippen molar-refractivity contribution in [3.63, 3.8) is 0 Å². The predicted molar refractivity (Wildman–Crippen MR) is 77.8 cm³/mol. The van der Waals surface area contributed by atoms with E-state index in [0.29, 0.717) is 6.42 Å². The molecular formula is C16H30O2. The Morgan fingerprint density at radius 1 is 0.944 bits per heavy atom. The summed E-state index contributed by atoms with van der Waals surface area (Å²) < 4.78 is 0. The maximum atomic E-state index is 10.3. The van der Waals surface area contributed by atoms with E-state index < -0.39 is 5.97 Å². The molecule has 0 aliphatic heterocycles. The number of carboxylic acids is 1. The lowest BCUT2D eigenvalue weighted by molar-refractivity contribution is -0.137. The second-order valence-corrected chi connectivity index (χ2v) is 5.50. The first-order valence-electron chi connectivity index (χ1n) is 7.49. The van der Waals surface area contributed by atoms with E-state index in [9.17, 15) is 4.79 Å². The summed E-state index contributed by atoms with van der Waals surface area (Å²) in [6.07, 6.45) is 15.6. The molecule has 0 bridgehead atoms. The van der Waals surface area contributed by atoms with Crippen LogP contribution >= 0.6 is 0 Å². The minimum Gasteiger partial charge on any atom is -0.481 e. The summed E-state index contributed by atoms with van der Waals surface area (Å²) in [6.45, 7) is 4.52. The minimum absolute atomic E-state index is 0.332. The first kappa shape index (κ1) is 17.2. The zero-order chi connectivity index (χ0) is 13.6. The van der Waals surface area contributed by atoms with Gasteiger partial charge >= 0.3 is 5.97 Å². The molecule has 18 heavy (non-hydrogen) atoms. The van der Waals surface area contributed by atoms with Crippen molar-refractivity contribution >= 4 is 5.97 Å². The Hall–Kier alpha value is -0.790. The summed E-state index contributed by atoms with van der Waals surface area (Å²) in [5.41, 5.74) is 0. The molecule has 0 aliphatic carbocycles. The second-order valence-electron chi connectivity index (χ2n) is 5.50. The highest BCUT2D eigenvalue weighted by Gasteiger charge is 1.96. The van der Waals surface area contributed by atoms with E-state index in [-0.39, 0.29) is 0 Å². The van der Waals surface area contributed by atoms with Gasteiger partial charge in [-0.3, -0.25) is 4.79 Å². The van der Waals surface area contributed by atoms with E-state index in [1.54, 1.807) is 0 Å². The molecule has 0 aromatic rings. The second kappa shape index (κ2) is 12.7. The number of carbonyl (C=O) groups is 1. The molecule has 0 atom stereocenters. The monoisotopic (exact) mass is 254 g/mol. The summed E-state index contributed by atoms with van der Waals surface area (Å²) in [5, 5.41) is 8.48. The van der Waals surface area contributed by atoms with Crippen molar-refractivity contribution < 1.29 is 9.90 Å². The van der Waals surface area contributed by atoms with E-state index in [2.05, 4.69) is 26.0 Å². The Morgan fingerprint density at radius 2 is 1.50 bits per heavy atom. The molecule has 0 amide bonds. The SMILES string of the molecule is CC(C)CCC=CCCCCCCCCC(=O)O. The summed E-state index contributed by atoms with van der Waals surface area (Å²) in [5.74, 6) is 0.141. The molecule has 0 fully saturated rings. The van der Waals surface area contributed by atoms with Gasteiger partial charge in [-0.05, 0) is 38.0 Å². The van der Waals surface area contributed by atoms with Crippen molar-refractivity contribution in [2.45, 2.75) is 78.1 Å². The average molecular weight is 254 g/mol. The molecule has 0 aromatic carbocycles. The van der Waals surface area contributed by atoms with Gasteiger partial charge in [-0.1, -0.05) is 51.7 Å². The fourth-order valence-corrected chi connectivity index (χ4v) is 1.91. The van der Waals surface area contributed by atoms with Gasteiger partial charge in [0.15, 0.2) is 0 Å². The van der Waals surface area contributed by atoms with Crippen LogP contribution in [0.2, 0.25) is 0 Å². The molecule has 0 heterocycles. The van der Waals surface area contributed by atoms with Crippen molar-refractivity contribution in [3.05, 3.63) is 12.2 Å². The van der Waals surface area contributed by atoms with Crippen molar-refractivity contribution in [1.82, 2.24) is 0 Å². The molecule has 0 spiro atoms. The van der Waals surface area contributed by atoms with Crippen LogP contribution < -0.4 is 0 Å². The Bertz CT molecular complexity index is 219. The molecule has 0 saturated carbocycles. The van der Waals surface area contributed by atoms with Crippen LogP contribution in [-0.2, 0) is 4.79 Å². The number of allylic oxidation sites excluding steroid dienone is 2. The van der Waals surface area contributed by atoms with E-state index in [1.807, 2.05) is 0 Å². The van der Waals surface area contributed by atoms with Crippen molar-refractivity contribution in [3.8, 4) is 0 Å². The normalized spacial score (nSPS) is 11.5. The molecule has 0 radical (unpaired) electrons. The quantitative estimate of drug-likeness (QED) is 0.384. The fraction of sp³-hybridized carbons (Fsp3) is 0.812. The maximum Gasteiger partial charge on any atom is 0.303 e. The Kier molecular flexibility index (Phi) is 12.1. The van der Waals surface area contributed by atoms with Gasteiger partial charge in [0, 0.05) is 6.42 Å². The molecule has 2 heteroatoms. The average Bonchev–Trinajstić information content (AvgIpc) is 2.29. The van der Waals surface area contributed by atoms with Gasteiger partial charge in [0.25, 0.3) is 0 Å². The lowest BCUT2D eigenvalue weighted by Gasteiger charge is -2.00. The molecule has 1 N–H and O–H groups in total. The highest BCUT2D eigenvalue weighted by Crippen LogP contribution is 2.09. The van der Waals surface area contributed by atoms with Crippen LogP contribution in [0.3, 0.4) is 0 Å². The Morgan fingerprint density at radius 3 is 2.11 bits per heavy atom. The predicted octanol–water partition coefficient (Wildman–Crippen LogP) is 5.18. The van der Waals surface area contributed by atoms with Crippen LogP contribution in [0, 0.1) is 5.92 Å². The smallest absolute Gasteiger partial charge is 0.303 e. The summed E-state index contributed by atoms with van der Waals surface area (Å²) in [7, 11) is 0. The van der Waals surface area contributed by atoms with Crippen molar-refractivity contribution in [2.24, 2.45) is 5.92 Å². The number of carboxylic acid groups (broad SMARTS) is 1. The van der Waals surface area contributed by atoms with Crippen LogP contribution in [0.5, 0.6) is 0 Å². The third-order valence-corrected chi connectivity index (χ3v) is 3.09. The number of rotatable bonds is 12. The largest absolute Gasteiger partial charge is 0.481 e. The van der Waals surface area contributed by atoms with Crippen LogP contribution in [0.25, 0.3) is 0 Å². The highest BCUT2D eigenvalue weighted by atomic mass is 16.4. The molecule has 0 saturated heterocycles. The fourth-order valence-electron chi connectivity index (χ4n) is 1.91. The first-order valence-corrected chi connectivity index (χ1v) is 7.49. The van der Waals surface area contributed by atoms with Crippen molar-refractivity contribution in [2.75, 3.05) is 0 Å². The summed E-state index contributed by atoms with van der Waals surface area (Å²) in [6, 6.07) is 0. The van der Waals surface area contributed by atoms with Crippen LogP contribution in [0.1, 0.15) is 78.1 Å². The first-order chi connectivity index (χ1) is 8.63.